The van der Waals surface area contributed by atoms with Gasteiger partial charge in [-0.1, -0.05) is 13.3 Å². The first kappa shape index (κ1) is 14.8. The van der Waals surface area contributed by atoms with Gasteiger partial charge in [-0.25, -0.2) is 9.59 Å². The normalized spacial score (nSPS) is 25.6. The van der Waals surface area contributed by atoms with E-state index in [-0.39, 0.29) is 18.1 Å². The Balaban J connectivity index is 2.64. The van der Waals surface area contributed by atoms with E-state index in [0.29, 0.717) is 6.42 Å². The molecule has 1 rings (SSSR count). The Hall–Kier alpha value is -1.26. The van der Waals surface area contributed by atoms with Gasteiger partial charge in [-0.15, -0.1) is 0 Å². The Morgan fingerprint density at radius 2 is 1.89 bits per heavy atom. The summed E-state index contributed by atoms with van der Waals surface area (Å²) in [7, 11) is 0. The Bertz CT molecular complexity index is 297. The lowest BCUT2D eigenvalue weighted by molar-refractivity contribution is -0.139. The zero-order valence-corrected chi connectivity index (χ0v) is 11.5. The second-order valence-electron chi connectivity index (χ2n) is 5.17. The highest BCUT2D eigenvalue weighted by atomic mass is 16.4. The van der Waals surface area contributed by atoms with Crippen LogP contribution in [0.3, 0.4) is 0 Å². The monoisotopic (exact) mass is 256 g/mol. The lowest BCUT2D eigenvalue weighted by atomic mass is 9.98. The summed E-state index contributed by atoms with van der Waals surface area (Å²) in [4.78, 5) is 25.0. The van der Waals surface area contributed by atoms with E-state index in [9.17, 15) is 9.59 Å². The van der Waals surface area contributed by atoms with Gasteiger partial charge in [-0.2, -0.15) is 0 Å². The van der Waals surface area contributed by atoms with Gasteiger partial charge in [0.1, 0.15) is 6.04 Å². The Morgan fingerprint density at radius 3 is 2.33 bits per heavy atom. The molecule has 0 bridgehead atoms. The highest BCUT2D eigenvalue weighted by Gasteiger charge is 2.31. The molecule has 5 heteroatoms. The Kier molecular flexibility index (Phi) is 5.44. The molecule has 0 aliphatic carbocycles. The van der Waals surface area contributed by atoms with Gasteiger partial charge in [-0.3, -0.25) is 0 Å². The van der Waals surface area contributed by atoms with Gasteiger partial charge in [0.25, 0.3) is 0 Å². The van der Waals surface area contributed by atoms with Gasteiger partial charge < -0.3 is 15.3 Å². The van der Waals surface area contributed by atoms with Crippen molar-refractivity contribution in [3.8, 4) is 0 Å². The van der Waals surface area contributed by atoms with E-state index in [4.69, 9.17) is 5.11 Å². The van der Waals surface area contributed by atoms with Crippen LogP contribution in [0.5, 0.6) is 0 Å². The number of likely N-dealkylation sites (tertiary alicyclic amines) is 1. The molecule has 0 aromatic carbocycles. The van der Waals surface area contributed by atoms with Gasteiger partial charge in [0.05, 0.1) is 0 Å². The highest BCUT2D eigenvalue weighted by molar-refractivity contribution is 5.82. The summed E-state index contributed by atoms with van der Waals surface area (Å²) < 4.78 is 0. The first-order valence-electron chi connectivity index (χ1n) is 6.79. The number of piperidine rings is 1. The van der Waals surface area contributed by atoms with E-state index in [1.807, 2.05) is 20.8 Å². The van der Waals surface area contributed by atoms with Crippen molar-refractivity contribution in [3.63, 3.8) is 0 Å². The van der Waals surface area contributed by atoms with Crippen LogP contribution in [-0.2, 0) is 4.79 Å². The molecule has 104 valence electrons. The minimum Gasteiger partial charge on any atom is -0.480 e. The summed E-state index contributed by atoms with van der Waals surface area (Å²) in [6.45, 7) is 5.95. The van der Waals surface area contributed by atoms with Crippen LogP contribution in [0.4, 0.5) is 4.79 Å². The molecule has 3 atom stereocenters. The molecule has 0 radical (unpaired) electrons. The predicted molar refractivity (Wildman–Crippen MR) is 69.5 cm³/mol. The van der Waals surface area contributed by atoms with Gasteiger partial charge in [0.2, 0.25) is 0 Å². The minimum atomic E-state index is -0.956. The summed E-state index contributed by atoms with van der Waals surface area (Å²) >= 11 is 0. The number of hydrogen-bond acceptors (Lipinski definition) is 2. The fourth-order valence-electron chi connectivity index (χ4n) is 2.59. The number of carbonyl (C=O) groups is 2. The number of aliphatic carboxylic acids is 1. The van der Waals surface area contributed by atoms with Gasteiger partial charge >= 0.3 is 12.0 Å². The maximum Gasteiger partial charge on any atom is 0.326 e. The zero-order chi connectivity index (χ0) is 13.7. The van der Waals surface area contributed by atoms with Crippen molar-refractivity contribution in [2.24, 2.45) is 0 Å². The van der Waals surface area contributed by atoms with Crippen molar-refractivity contribution in [1.29, 1.82) is 0 Å². The van der Waals surface area contributed by atoms with Gasteiger partial charge in [0, 0.05) is 12.1 Å². The van der Waals surface area contributed by atoms with Crippen LogP contribution >= 0.6 is 0 Å². The fraction of sp³-hybridized carbons (Fsp3) is 0.846. The Labute approximate surface area is 109 Å². The molecule has 0 aromatic heterocycles. The van der Waals surface area contributed by atoms with E-state index < -0.39 is 12.0 Å². The molecule has 1 fully saturated rings. The van der Waals surface area contributed by atoms with Crippen molar-refractivity contribution >= 4 is 12.0 Å². The van der Waals surface area contributed by atoms with Gasteiger partial charge in [0.15, 0.2) is 0 Å². The van der Waals surface area contributed by atoms with Crippen molar-refractivity contribution in [1.82, 2.24) is 10.2 Å². The molecule has 2 amide bonds. The number of carboxylic acid groups (broad SMARTS) is 1. The standard InChI is InChI=1S/C13H24N2O3/c1-4-6-11(12(16)17)14-13(18)15-9(2)7-5-8-10(15)3/h9-11H,4-8H2,1-3H3,(H,14,18)(H,16,17)/t9-,10+,11?. The number of nitrogens with one attached hydrogen (secondary N) is 1. The highest BCUT2D eigenvalue weighted by Crippen LogP contribution is 2.22. The second-order valence-corrected chi connectivity index (χ2v) is 5.17. The fourth-order valence-corrected chi connectivity index (χ4v) is 2.59. The average molecular weight is 256 g/mol. The van der Waals surface area contributed by atoms with Crippen LogP contribution in [0.2, 0.25) is 0 Å². The van der Waals surface area contributed by atoms with E-state index in [1.165, 1.54) is 0 Å². The van der Waals surface area contributed by atoms with Crippen LogP contribution in [0, 0.1) is 0 Å². The smallest absolute Gasteiger partial charge is 0.326 e. The largest absolute Gasteiger partial charge is 0.480 e. The minimum absolute atomic E-state index is 0.185. The number of hydrogen-bond donors (Lipinski definition) is 2. The summed E-state index contributed by atoms with van der Waals surface area (Å²) in [5.41, 5.74) is 0. The molecule has 18 heavy (non-hydrogen) atoms. The van der Waals surface area contributed by atoms with E-state index in [1.54, 1.807) is 4.90 Å². The molecule has 1 unspecified atom stereocenters. The molecule has 1 saturated heterocycles. The molecule has 1 aliphatic rings. The molecular weight excluding hydrogens is 232 g/mol. The van der Waals surface area contributed by atoms with Crippen molar-refractivity contribution in [3.05, 3.63) is 0 Å². The summed E-state index contributed by atoms with van der Waals surface area (Å²) in [5, 5.41) is 11.7. The first-order valence-corrected chi connectivity index (χ1v) is 6.79. The van der Waals surface area contributed by atoms with E-state index in [2.05, 4.69) is 5.32 Å². The molecule has 5 nitrogen and oxygen atoms in total. The summed E-state index contributed by atoms with van der Waals surface area (Å²) in [5.74, 6) is -0.956. The van der Waals surface area contributed by atoms with Crippen molar-refractivity contribution < 1.29 is 14.7 Å². The average Bonchev–Trinajstić information content (AvgIpc) is 2.28. The molecule has 2 N–H and O–H groups in total. The Morgan fingerprint density at radius 1 is 1.33 bits per heavy atom. The van der Waals surface area contributed by atoms with Crippen molar-refractivity contribution in [2.45, 2.75) is 71.0 Å². The summed E-state index contributed by atoms with van der Waals surface area (Å²) in [6.07, 6.45) is 4.32. The lowest BCUT2D eigenvalue weighted by Crippen LogP contribution is -2.55. The quantitative estimate of drug-likeness (QED) is 0.810. The molecule has 0 saturated carbocycles. The van der Waals surface area contributed by atoms with Crippen LogP contribution in [-0.4, -0.2) is 40.1 Å². The third kappa shape index (κ3) is 3.62. The van der Waals surface area contributed by atoms with E-state index >= 15 is 0 Å². The summed E-state index contributed by atoms with van der Waals surface area (Å²) in [6, 6.07) is -0.644. The van der Waals surface area contributed by atoms with Crippen LogP contribution < -0.4 is 5.32 Å². The number of carboxylic acids is 1. The number of carbonyl (C=O) groups excluding carboxylic acids is 1. The molecule has 0 aromatic rings. The second kappa shape index (κ2) is 6.61. The zero-order valence-electron chi connectivity index (χ0n) is 11.5. The number of rotatable bonds is 4. The number of urea groups is 1. The van der Waals surface area contributed by atoms with E-state index in [0.717, 1.165) is 25.7 Å². The molecule has 1 heterocycles. The van der Waals surface area contributed by atoms with Gasteiger partial charge in [-0.05, 0) is 39.5 Å². The number of nitrogens with zero attached hydrogens (tertiary/aromatic N) is 1. The lowest BCUT2D eigenvalue weighted by Gasteiger charge is -2.39. The predicted octanol–water partition coefficient (Wildman–Crippen LogP) is 2.21. The topological polar surface area (TPSA) is 69.6 Å². The number of amides is 2. The van der Waals surface area contributed by atoms with Crippen LogP contribution in [0.15, 0.2) is 0 Å². The third-order valence-corrected chi connectivity index (χ3v) is 3.60. The molecule has 0 spiro atoms. The SMILES string of the molecule is CCCC(NC(=O)N1[C@H](C)CCC[C@@H]1C)C(=O)O. The first-order chi connectivity index (χ1) is 8.47. The third-order valence-electron chi connectivity index (χ3n) is 3.60. The maximum atomic E-state index is 12.2. The van der Waals surface area contributed by atoms with Crippen LogP contribution in [0.25, 0.3) is 0 Å². The molecule has 1 aliphatic heterocycles. The maximum absolute atomic E-state index is 12.2. The van der Waals surface area contributed by atoms with Crippen molar-refractivity contribution in [2.75, 3.05) is 0 Å². The van der Waals surface area contributed by atoms with Crippen LogP contribution in [0.1, 0.15) is 52.9 Å². The molecular formula is C13H24N2O3.